The number of thioether (sulfide) groups is 1. The summed E-state index contributed by atoms with van der Waals surface area (Å²) >= 11 is 1.37. The van der Waals surface area contributed by atoms with Crippen LogP contribution in [0, 0.1) is 18.3 Å². The number of aryl methyl sites for hydroxylation is 2. The number of amides is 1. The van der Waals surface area contributed by atoms with Crippen molar-refractivity contribution in [3.8, 4) is 6.07 Å². The molecule has 1 aliphatic rings. The molecule has 1 aliphatic carbocycles. The Kier molecular flexibility index (Phi) is 6.87. The average Bonchev–Trinajstić information content (AvgIpc) is 2.83. The smallest absolute Gasteiger partial charge is 0.239 e. The van der Waals surface area contributed by atoms with Crippen LogP contribution in [0.25, 0.3) is 0 Å². The first kappa shape index (κ1) is 22.0. The van der Waals surface area contributed by atoms with Crippen molar-refractivity contribution < 1.29 is 4.79 Å². The molecule has 1 amide bonds. The molecule has 32 heavy (non-hydrogen) atoms. The summed E-state index contributed by atoms with van der Waals surface area (Å²) in [6, 6.07) is 18.6. The van der Waals surface area contributed by atoms with Gasteiger partial charge in [-0.15, -0.1) is 0 Å². The van der Waals surface area contributed by atoms with Crippen LogP contribution in [-0.2, 0) is 17.6 Å². The van der Waals surface area contributed by atoms with Crippen molar-refractivity contribution in [3.63, 3.8) is 0 Å². The van der Waals surface area contributed by atoms with E-state index in [1.165, 1.54) is 17.3 Å². The number of pyridine rings is 2. The van der Waals surface area contributed by atoms with Crippen LogP contribution in [0.2, 0.25) is 0 Å². The lowest BCUT2D eigenvalue weighted by molar-refractivity contribution is -0.115. The maximum Gasteiger partial charge on any atom is 0.239 e. The van der Waals surface area contributed by atoms with Crippen molar-refractivity contribution in [3.05, 3.63) is 82.7 Å². The van der Waals surface area contributed by atoms with E-state index >= 15 is 0 Å². The van der Waals surface area contributed by atoms with Gasteiger partial charge in [-0.2, -0.15) is 5.26 Å². The van der Waals surface area contributed by atoms with E-state index in [0.29, 0.717) is 28.7 Å². The fourth-order valence-corrected chi connectivity index (χ4v) is 5.09. The van der Waals surface area contributed by atoms with E-state index in [9.17, 15) is 10.1 Å². The number of rotatable bonds is 6. The van der Waals surface area contributed by atoms with Gasteiger partial charge in [-0.3, -0.25) is 4.79 Å². The maximum absolute atomic E-state index is 12.9. The third-order valence-corrected chi connectivity index (χ3v) is 7.28. The van der Waals surface area contributed by atoms with Crippen molar-refractivity contribution in [2.75, 3.05) is 5.32 Å². The van der Waals surface area contributed by atoms with Crippen molar-refractivity contribution in [2.24, 2.45) is 0 Å². The number of benzene rings is 1. The molecule has 0 spiro atoms. The van der Waals surface area contributed by atoms with E-state index in [1.807, 2.05) is 38.1 Å². The number of carbonyl (C=O) groups excluding carboxylic acids is 1. The Morgan fingerprint density at radius 2 is 2.09 bits per heavy atom. The van der Waals surface area contributed by atoms with Crippen LogP contribution >= 0.6 is 11.8 Å². The highest BCUT2D eigenvalue weighted by Crippen LogP contribution is 2.35. The number of fused-ring (bicyclic) bond motifs is 1. The van der Waals surface area contributed by atoms with Gasteiger partial charge >= 0.3 is 0 Å². The largest absolute Gasteiger partial charge is 0.310 e. The molecule has 0 aliphatic heterocycles. The molecule has 162 valence electrons. The third-order valence-electron chi connectivity index (χ3n) is 5.91. The van der Waals surface area contributed by atoms with E-state index in [0.717, 1.165) is 36.1 Å². The molecule has 0 fully saturated rings. The zero-order chi connectivity index (χ0) is 22.5. The van der Waals surface area contributed by atoms with Gasteiger partial charge in [0.2, 0.25) is 5.91 Å². The van der Waals surface area contributed by atoms with Crippen LogP contribution in [0.1, 0.15) is 53.6 Å². The molecule has 2 unspecified atom stereocenters. The Hall–Kier alpha value is -3.17. The number of nitrogens with one attached hydrogen (secondary N) is 1. The summed E-state index contributed by atoms with van der Waals surface area (Å²) in [5.74, 6) is 0.903. The van der Waals surface area contributed by atoms with Crippen LogP contribution in [0.3, 0.4) is 0 Å². The summed E-state index contributed by atoms with van der Waals surface area (Å²) in [5, 5.41) is 13.0. The summed E-state index contributed by atoms with van der Waals surface area (Å²) in [5.41, 5.74) is 4.99. The zero-order valence-electron chi connectivity index (χ0n) is 18.3. The predicted molar refractivity (Wildman–Crippen MR) is 128 cm³/mol. The molecule has 0 saturated carbocycles. The Labute approximate surface area is 193 Å². The second-order valence-corrected chi connectivity index (χ2v) is 9.27. The van der Waals surface area contributed by atoms with E-state index in [1.54, 1.807) is 6.20 Å². The molecule has 0 bridgehead atoms. The number of carbonyl (C=O) groups is 1. The van der Waals surface area contributed by atoms with Gasteiger partial charge in [0.25, 0.3) is 0 Å². The molecular weight excluding hydrogens is 416 g/mol. The topological polar surface area (TPSA) is 78.7 Å². The number of anilines is 1. The summed E-state index contributed by atoms with van der Waals surface area (Å²) in [6.45, 7) is 3.88. The molecular formula is C26H26N4OS. The molecule has 2 aromatic heterocycles. The predicted octanol–water partition coefficient (Wildman–Crippen LogP) is 5.44. The molecule has 1 N–H and O–H groups in total. The molecule has 0 saturated heterocycles. The Morgan fingerprint density at radius 1 is 1.28 bits per heavy atom. The lowest BCUT2D eigenvalue weighted by Gasteiger charge is -2.25. The summed E-state index contributed by atoms with van der Waals surface area (Å²) in [7, 11) is 0. The highest BCUT2D eigenvalue weighted by molar-refractivity contribution is 8.00. The van der Waals surface area contributed by atoms with Crippen LogP contribution in [0.5, 0.6) is 0 Å². The summed E-state index contributed by atoms with van der Waals surface area (Å²) in [6.07, 6.45) is 5.10. The minimum Gasteiger partial charge on any atom is -0.310 e. The number of aromatic nitrogens is 2. The van der Waals surface area contributed by atoms with Crippen LogP contribution < -0.4 is 5.32 Å². The van der Waals surface area contributed by atoms with Gasteiger partial charge in [0.1, 0.15) is 16.9 Å². The van der Waals surface area contributed by atoms with Gasteiger partial charge in [0.15, 0.2) is 0 Å². The Morgan fingerprint density at radius 3 is 2.81 bits per heavy atom. The molecule has 2 heterocycles. The third kappa shape index (κ3) is 4.84. The summed E-state index contributed by atoms with van der Waals surface area (Å²) < 4.78 is 0. The molecule has 5 nitrogen and oxygen atoms in total. The van der Waals surface area contributed by atoms with E-state index in [-0.39, 0.29) is 11.2 Å². The van der Waals surface area contributed by atoms with Crippen molar-refractivity contribution >= 4 is 23.5 Å². The van der Waals surface area contributed by atoms with E-state index in [4.69, 9.17) is 4.98 Å². The van der Waals surface area contributed by atoms with Gasteiger partial charge in [0.05, 0.1) is 10.8 Å². The minimum atomic E-state index is -0.352. The molecule has 1 aromatic carbocycles. The fraction of sp³-hybridized carbons (Fsp3) is 0.308. The van der Waals surface area contributed by atoms with Gasteiger partial charge in [0, 0.05) is 11.9 Å². The fourth-order valence-electron chi connectivity index (χ4n) is 4.10. The average molecular weight is 443 g/mol. The molecule has 0 radical (unpaired) electrons. The Bertz CT molecular complexity index is 1160. The van der Waals surface area contributed by atoms with Gasteiger partial charge in [-0.25, -0.2) is 9.97 Å². The second-order valence-electron chi connectivity index (χ2n) is 8.08. The van der Waals surface area contributed by atoms with Crippen LogP contribution in [-0.4, -0.2) is 21.1 Å². The van der Waals surface area contributed by atoms with Gasteiger partial charge < -0.3 is 5.32 Å². The van der Waals surface area contributed by atoms with Crippen molar-refractivity contribution in [1.29, 1.82) is 5.26 Å². The number of nitriles is 1. The van der Waals surface area contributed by atoms with Gasteiger partial charge in [-0.05, 0) is 67.3 Å². The second kappa shape index (κ2) is 9.97. The number of hydrogen-bond donors (Lipinski definition) is 1. The molecule has 3 aromatic rings. The normalized spacial score (nSPS) is 16.0. The SMILES string of the molecule is CCC(Sc1nc2c(cc1C#N)CC(c1ccccc1)CC2)C(=O)Nc1ncccc1C. The Balaban J connectivity index is 1.53. The van der Waals surface area contributed by atoms with Crippen LogP contribution in [0.4, 0.5) is 5.82 Å². The summed E-state index contributed by atoms with van der Waals surface area (Å²) in [4.78, 5) is 22.0. The quantitative estimate of drug-likeness (QED) is 0.514. The number of hydrogen-bond acceptors (Lipinski definition) is 5. The lowest BCUT2D eigenvalue weighted by atomic mass is 9.82. The molecule has 4 rings (SSSR count). The highest BCUT2D eigenvalue weighted by Gasteiger charge is 2.26. The van der Waals surface area contributed by atoms with E-state index < -0.39 is 0 Å². The standard InChI is InChI=1S/C26H26N4OS/c1-3-23(25(31)30-24-17(2)8-7-13-28-24)32-26-21(16-27)15-20-14-19(11-12-22(20)29-26)18-9-5-4-6-10-18/h4-10,13,15,19,23H,3,11-12,14H2,1-2H3,(H,28,30,31). The highest BCUT2D eigenvalue weighted by atomic mass is 32.2. The molecule has 6 heteroatoms. The zero-order valence-corrected chi connectivity index (χ0v) is 19.2. The van der Waals surface area contributed by atoms with Gasteiger partial charge in [-0.1, -0.05) is 55.1 Å². The number of nitrogens with zero attached hydrogens (tertiary/aromatic N) is 3. The minimum absolute atomic E-state index is 0.119. The monoisotopic (exact) mass is 442 g/mol. The first-order chi connectivity index (χ1) is 15.6. The van der Waals surface area contributed by atoms with E-state index in [2.05, 4.69) is 40.6 Å². The van der Waals surface area contributed by atoms with Crippen molar-refractivity contribution in [2.45, 2.75) is 55.7 Å². The first-order valence-corrected chi connectivity index (χ1v) is 11.8. The molecule has 2 atom stereocenters. The van der Waals surface area contributed by atoms with Crippen molar-refractivity contribution in [1.82, 2.24) is 9.97 Å². The van der Waals surface area contributed by atoms with Crippen LogP contribution in [0.15, 0.2) is 59.8 Å². The first-order valence-electron chi connectivity index (χ1n) is 11.0. The maximum atomic E-state index is 12.9. The lowest BCUT2D eigenvalue weighted by Crippen LogP contribution is -2.26.